The van der Waals surface area contributed by atoms with Gasteiger partial charge in [-0.3, -0.25) is 4.57 Å². The Bertz CT molecular complexity index is 563. The summed E-state index contributed by atoms with van der Waals surface area (Å²) >= 11 is 0. The number of imidazole rings is 4. The molecule has 0 bridgehead atoms. The molecule has 100 valence electrons. The van der Waals surface area contributed by atoms with Gasteiger partial charge in [-0.15, -0.1) is 0 Å². The van der Waals surface area contributed by atoms with Crippen molar-refractivity contribution >= 4 is 0 Å². The van der Waals surface area contributed by atoms with Crippen LogP contribution >= 0.6 is 0 Å². The van der Waals surface area contributed by atoms with E-state index >= 15 is 0 Å². The molecule has 0 unspecified atom stereocenters. The normalized spacial score (nSPS) is 10.0. The highest BCUT2D eigenvalue weighted by atomic mass is 15.2. The molecule has 0 amide bonds. The van der Waals surface area contributed by atoms with Crippen LogP contribution < -0.4 is 0 Å². The van der Waals surface area contributed by atoms with E-state index < -0.39 is 0 Å². The van der Waals surface area contributed by atoms with Crippen LogP contribution in [0, 0.1) is 0 Å². The lowest BCUT2D eigenvalue weighted by molar-refractivity contribution is 0.960. The summed E-state index contributed by atoms with van der Waals surface area (Å²) in [5.41, 5.74) is 0. The summed E-state index contributed by atoms with van der Waals surface area (Å²) in [5, 5.41) is 0. The standard InChI is InChI=1S/2C6H6N4/c1-2-9-6(8-1)10-4-3-7-5-10;1-2-8-5(7-1)6-9-3-4-10-6/h1-5H,(H,8,9);1-4H,(H,7,8)(H,9,10). The number of hydrogen-bond acceptors (Lipinski definition) is 4. The zero-order valence-corrected chi connectivity index (χ0v) is 10.4. The fourth-order valence-electron chi connectivity index (χ4n) is 1.57. The topological polar surface area (TPSA) is 104 Å². The molecule has 0 aliphatic rings. The van der Waals surface area contributed by atoms with Crippen molar-refractivity contribution in [3.63, 3.8) is 0 Å². The first-order valence-electron chi connectivity index (χ1n) is 5.90. The number of hydrogen-bond donors (Lipinski definition) is 3. The zero-order chi connectivity index (χ0) is 13.6. The summed E-state index contributed by atoms with van der Waals surface area (Å²) in [7, 11) is 0. The molecule has 0 saturated carbocycles. The average molecular weight is 268 g/mol. The largest absolute Gasteiger partial charge is 0.342 e. The Morgan fingerprint density at radius 2 is 1.40 bits per heavy atom. The van der Waals surface area contributed by atoms with Crippen LogP contribution in [0.1, 0.15) is 0 Å². The van der Waals surface area contributed by atoms with E-state index in [4.69, 9.17) is 0 Å². The SMILES string of the molecule is c1c[nH]c(-c2ncc[nH]2)n1.c1cn(-c2ncc[nH]2)cn1. The Labute approximate surface area is 114 Å². The second-order valence-electron chi connectivity index (χ2n) is 3.76. The van der Waals surface area contributed by atoms with Crippen LogP contribution in [0.3, 0.4) is 0 Å². The zero-order valence-electron chi connectivity index (χ0n) is 10.4. The number of rotatable bonds is 2. The number of aromatic nitrogens is 8. The first-order valence-corrected chi connectivity index (χ1v) is 5.90. The molecule has 0 aliphatic heterocycles. The predicted molar refractivity (Wildman–Crippen MR) is 71.9 cm³/mol. The Morgan fingerprint density at radius 1 is 0.750 bits per heavy atom. The third-order valence-corrected chi connectivity index (χ3v) is 2.45. The first-order chi connectivity index (χ1) is 9.93. The van der Waals surface area contributed by atoms with Crippen molar-refractivity contribution in [2.24, 2.45) is 0 Å². The van der Waals surface area contributed by atoms with Crippen LogP contribution in [0.4, 0.5) is 0 Å². The van der Waals surface area contributed by atoms with Crippen molar-refractivity contribution in [3.05, 3.63) is 55.9 Å². The van der Waals surface area contributed by atoms with Crippen molar-refractivity contribution in [2.45, 2.75) is 0 Å². The first kappa shape index (κ1) is 11.9. The van der Waals surface area contributed by atoms with Gasteiger partial charge in [0.25, 0.3) is 0 Å². The average Bonchev–Trinajstić information content (AvgIpc) is 3.29. The molecule has 0 atom stereocenters. The molecule has 0 fully saturated rings. The summed E-state index contributed by atoms with van der Waals surface area (Å²) in [5.74, 6) is 2.33. The maximum Gasteiger partial charge on any atom is 0.212 e. The molecule has 4 aromatic rings. The molecular weight excluding hydrogens is 256 g/mol. The van der Waals surface area contributed by atoms with Gasteiger partial charge in [-0.1, -0.05) is 0 Å². The highest BCUT2D eigenvalue weighted by Crippen LogP contribution is 2.04. The minimum absolute atomic E-state index is 0.769. The van der Waals surface area contributed by atoms with Gasteiger partial charge in [-0.05, 0) is 0 Å². The number of nitrogens with one attached hydrogen (secondary N) is 3. The van der Waals surface area contributed by atoms with Gasteiger partial charge in [0.05, 0.1) is 0 Å². The molecule has 8 nitrogen and oxygen atoms in total. The van der Waals surface area contributed by atoms with Gasteiger partial charge < -0.3 is 15.0 Å². The lowest BCUT2D eigenvalue weighted by Gasteiger charge is -1.91. The molecule has 0 spiro atoms. The van der Waals surface area contributed by atoms with E-state index in [-0.39, 0.29) is 0 Å². The summed E-state index contributed by atoms with van der Waals surface area (Å²) in [4.78, 5) is 24.7. The maximum absolute atomic E-state index is 4.03. The molecule has 0 aliphatic carbocycles. The van der Waals surface area contributed by atoms with Crippen molar-refractivity contribution in [2.75, 3.05) is 0 Å². The van der Waals surface area contributed by atoms with Gasteiger partial charge in [-0.25, -0.2) is 19.9 Å². The fourth-order valence-corrected chi connectivity index (χ4v) is 1.57. The molecule has 0 saturated heterocycles. The Morgan fingerprint density at radius 3 is 1.85 bits per heavy atom. The van der Waals surface area contributed by atoms with E-state index in [1.807, 2.05) is 6.20 Å². The third-order valence-electron chi connectivity index (χ3n) is 2.45. The van der Waals surface area contributed by atoms with Crippen molar-refractivity contribution in [3.8, 4) is 17.6 Å². The fraction of sp³-hybridized carbons (Fsp3) is 0. The van der Waals surface area contributed by atoms with Crippen LogP contribution in [-0.2, 0) is 0 Å². The number of nitrogens with zero attached hydrogens (tertiary/aromatic N) is 5. The van der Waals surface area contributed by atoms with Crippen LogP contribution in [0.5, 0.6) is 0 Å². The highest BCUT2D eigenvalue weighted by molar-refractivity contribution is 5.41. The minimum Gasteiger partial charge on any atom is -0.342 e. The molecule has 4 rings (SSSR count). The van der Waals surface area contributed by atoms with Crippen molar-refractivity contribution < 1.29 is 0 Å². The van der Waals surface area contributed by atoms with E-state index in [2.05, 4.69) is 34.9 Å². The lowest BCUT2D eigenvalue weighted by atomic mass is 10.6. The van der Waals surface area contributed by atoms with Gasteiger partial charge in [-0.2, -0.15) is 0 Å². The lowest BCUT2D eigenvalue weighted by Crippen LogP contribution is -1.90. The number of aromatic amines is 3. The van der Waals surface area contributed by atoms with E-state index in [0.717, 1.165) is 17.6 Å². The summed E-state index contributed by atoms with van der Waals surface area (Å²) in [6.45, 7) is 0. The van der Waals surface area contributed by atoms with Gasteiger partial charge in [0.15, 0.2) is 11.6 Å². The van der Waals surface area contributed by atoms with E-state index in [1.54, 1.807) is 54.3 Å². The van der Waals surface area contributed by atoms with E-state index in [9.17, 15) is 0 Å². The predicted octanol–water partition coefficient (Wildman–Crippen LogP) is 1.40. The van der Waals surface area contributed by atoms with Crippen LogP contribution in [-0.4, -0.2) is 39.5 Å². The molecule has 8 heteroatoms. The second kappa shape index (κ2) is 5.65. The maximum atomic E-state index is 4.03. The second-order valence-corrected chi connectivity index (χ2v) is 3.76. The molecule has 20 heavy (non-hydrogen) atoms. The molecule has 0 aromatic carbocycles. The minimum atomic E-state index is 0.769. The molecule has 0 radical (unpaired) electrons. The smallest absolute Gasteiger partial charge is 0.212 e. The summed E-state index contributed by atoms with van der Waals surface area (Å²) < 4.78 is 1.81. The van der Waals surface area contributed by atoms with Gasteiger partial charge >= 0.3 is 0 Å². The van der Waals surface area contributed by atoms with Gasteiger partial charge in [0.1, 0.15) is 6.33 Å². The Kier molecular flexibility index (Phi) is 3.36. The monoisotopic (exact) mass is 268 g/mol. The summed E-state index contributed by atoms with van der Waals surface area (Å²) in [6.07, 6.45) is 15.6. The quantitative estimate of drug-likeness (QED) is 0.511. The third kappa shape index (κ3) is 2.64. The van der Waals surface area contributed by atoms with Crippen molar-refractivity contribution in [1.29, 1.82) is 0 Å². The van der Waals surface area contributed by atoms with Gasteiger partial charge in [0, 0.05) is 49.6 Å². The Hall–Kier alpha value is -3.16. The van der Waals surface area contributed by atoms with Crippen LogP contribution in [0.2, 0.25) is 0 Å². The number of H-pyrrole nitrogens is 3. The summed E-state index contributed by atoms with van der Waals surface area (Å²) in [6, 6.07) is 0. The Balaban J connectivity index is 0.000000121. The van der Waals surface area contributed by atoms with Crippen molar-refractivity contribution in [1.82, 2.24) is 39.5 Å². The van der Waals surface area contributed by atoms with E-state index in [0.29, 0.717) is 0 Å². The van der Waals surface area contributed by atoms with Crippen LogP contribution in [0.25, 0.3) is 17.6 Å². The molecule has 3 N–H and O–H groups in total. The molecule has 4 aromatic heterocycles. The van der Waals surface area contributed by atoms with E-state index in [1.165, 1.54) is 0 Å². The van der Waals surface area contributed by atoms with Crippen LogP contribution in [0.15, 0.2) is 55.9 Å². The molecular formula is C12H12N8. The highest BCUT2D eigenvalue weighted by Gasteiger charge is 1.98. The molecule has 4 heterocycles. The van der Waals surface area contributed by atoms with Gasteiger partial charge in [0.2, 0.25) is 5.95 Å².